The van der Waals surface area contributed by atoms with Crippen LogP contribution in [-0.4, -0.2) is 47.7 Å². The number of carbonyl (C=O) groups excluding carboxylic acids is 1. The lowest BCUT2D eigenvalue weighted by Crippen LogP contribution is -2.43. The van der Waals surface area contributed by atoms with Crippen molar-refractivity contribution in [2.75, 3.05) is 19.8 Å². The molecule has 20 heavy (non-hydrogen) atoms. The highest BCUT2D eigenvalue weighted by Gasteiger charge is 2.25. The molecule has 0 aromatic rings. The van der Waals surface area contributed by atoms with Gasteiger partial charge in [0.15, 0.2) is 0 Å². The highest BCUT2D eigenvalue weighted by molar-refractivity contribution is 5.88. The predicted molar refractivity (Wildman–Crippen MR) is 76.4 cm³/mol. The molecule has 0 bridgehead atoms. The lowest BCUT2D eigenvalue weighted by molar-refractivity contribution is -0.138. The molecule has 0 spiro atoms. The van der Waals surface area contributed by atoms with Crippen LogP contribution in [0.3, 0.4) is 0 Å². The van der Waals surface area contributed by atoms with Crippen LogP contribution in [0.25, 0.3) is 0 Å². The Morgan fingerprint density at radius 1 is 1.30 bits per heavy atom. The molecule has 0 aromatic carbocycles. The summed E-state index contributed by atoms with van der Waals surface area (Å²) >= 11 is 0. The molecule has 0 atom stereocenters. The normalized spacial score (nSPS) is 17.4. The Balaban J connectivity index is 2.72. The zero-order valence-corrected chi connectivity index (χ0v) is 12.6. The zero-order chi connectivity index (χ0) is 15.2. The van der Waals surface area contributed by atoms with E-state index >= 15 is 0 Å². The number of carboxylic acid groups (broad SMARTS) is 1. The van der Waals surface area contributed by atoms with Gasteiger partial charge in [-0.1, -0.05) is 26.8 Å². The molecule has 5 nitrogen and oxygen atoms in total. The van der Waals surface area contributed by atoms with Crippen LogP contribution in [0.2, 0.25) is 0 Å². The summed E-state index contributed by atoms with van der Waals surface area (Å²) < 4.78 is 5.30. The van der Waals surface area contributed by atoms with Gasteiger partial charge in [-0.3, -0.25) is 9.59 Å². The third kappa shape index (κ3) is 6.19. The Morgan fingerprint density at radius 3 is 2.40 bits per heavy atom. The molecule has 0 unspecified atom stereocenters. The van der Waals surface area contributed by atoms with Crippen LogP contribution in [0.5, 0.6) is 0 Å². The van der Waals surface area contributed by atoms with Gasteiger partial charge >= 0.3 is 5.97 Å². The van der Waals surface area contributed by atoms with Crippen LogP contribution in [-0.2, 0) is 14.3 Å². The SMILES string of the molecule is CC(C)(C)/C=C/C(=O)N(CCC(=O)O)C1CCOCC1. The largest absolute Gasteiger partial charge is 0.481 e. The summed E-state index contributed by atoms with van der Waals surface area (Å²) in [6.45, 7) is 7.58. The average Bonchev–Trinajstić information content (AvgIpc) is 2.36. The van der Waals surface area contributed by atoms with Crippen LogP contribution in [0.4, 0.5) is 0 Å². The first-order chi connectivity index (χ1) is 9.29. The van der Waals surface area contributed by atoms with Crippen molar-refractivity contribution in [1.82, 2.24) is 4.90 Å². The smallest absolute Gasteiger partial charge is 0.305 e. The molecule has 1 aliphatic rings. The van der Waals surface area contributed by atoms with E-state index < -0.39 is 5.97 Å². The topological polar surface area (TPSA) is 66.8 Å². The lowest BCUT2D eigenvalue weighted by Gasteiger charge is -2.33. The third-order valence-electron chi connectivity index (χ3n) is 3.21. The standard InChI is InChI=1S/C15H25NO4/c1-15(2,3)8-4-13(17)16(9-5-14(18)19)12-6-10-20-11-7-12/h4,8,12H,5-7,9-11H2,1-3H3,(H,18,19)/b8-4+. The predicted octanol–water partition coefficient (Wildman–Crippen LogP) is 2.07. The maximum Gasteiger partial charge on any atom is 0.305 e. The van der Waals surface area contributed by atoms with E-state index in [-0.39, 0.29) is 30.3 Å². The Kier molecular flexibility index (Phi) is 6.20. The van der Waals surface area contributed by atoms with Crippen LogP contribution < -0.4 is 0 Å². The van der Waals surface area contributed by atoms with Crippen LogP contribution in [0.15, 0.2) is 12.2 Å². The van der Waals surface area contributed by atoms with Crippen molar-refractivity contribution in [1.29, 1.82) is 0 Å². The van der Waals surface area contributed by atoms with Crippen molar-refractivity contribution >= 4 is 11.9 Å². The van der Waals surface area contributed by atoms with Gasteiger partial charge in [-0.15, -0.1) is 0 Å². The highest BCUT2D eigenvalue weighted by Crippen LogP contribution is 2.18. The number of ether oxygens (including phenoxy) is 1. The van der Waals surface area contributed by atoms with Crippen molar-refractivity contribution in [3.05, 3.63) is 12.2 Å². The molecule has 1 heterocycles. The molecule has 114 valence electrons. The monoisotopic (exact) mass is 283 g/mol. The van der Waals surface area contributed by atoms with Gasteiger partial charge in [0.2, 0.25) is 5.91 Å². The van der Waals surface area contributed by atoms with E-state index in [1.807, 2.05) is 26.8 Å². The molecule has 1 rings (SSSR count). The van der Waals surface area contributed by atoms with Gasteiger partial charge in [0, 0.05) is 25.8 Å². The summed E-state index contributed by atoms with van der Waals surface area (Å²) in [7, 11) is 0. The fourth-order valence-corrected chi connectivity index (χ4v) is 2.10. The first kappa shape index (κ1) is 16.7. The average molecular weight is 283 g/mol. The fourth-order valence-electron chi connectivity index (χ4n) is 2.10. The second-order valence-electron chi connectivity index (χ2n) is 6.22. The van der Waals surface area contributed by atoms with Crippen LogP contribution >= 0.6 is 0 Å². The minimum atomic E-state index is -0.880. The molecule has 0 radical (unpaired) electrons. The number of aliphatic carboxylic acids is 1. The third-order valence-corrected chi connectivity index (χ3v) is 3.21. The van der Waals surface area contributed by atoms with Crippen LogP contribution in [0.1, 0.15) is 40.0 Å². The fraction of sp³-hybridized carbons (Fsp3) is 0.733. The van der Waals surface area contributed by atoms with E-state index in [1.165, 1.54) is 0 Å². The molecule has 1 N–H and O–H groups in total. The van der Waals surface area contributed by atoms with Crippen molar-refractivity contribution in [3.63, 3.8) is 0 Å². The van der Waals surface area contributed by atoms with Gasteiger partial charge in [-0.05, 0) is 24.3 Å². The number of allylic oxidation sites excluding steroid dienone is 1. The summed E-state index contributed by atoms with van der Waals surface area (Å²) in [5, 5.41) is 8.82. The first-order valence-corrected chi connectivity index (χ1v) is 7.09. The van der Waals surface area contributed by atoms with E-state index in [9.17, 15) is 9.59 Å². The number of carbonyl (C=O) groups is 2. The quantitative estimate of drug-likeness (QED) is 0.784. The molecular formula is C15H25NO4. The van der Waals surface area contributed by atoms with Crippen molar-refractivity contribution < 1.29 is 19.4 Å². The van der Waals surface area contributed by atoms with E-state index in [0.29, 0.717) is 13.2 Å². The molecule has 1 fully saturated rings. The highest BCUT2D eigenvalue weighted by atomic mass is 16.5. The summed E-state index contributed by atoms with van der Waals surface area (Å²) in [5.41, 5.74) is -0.0657. The van der Waals surface area contributed by atoms with Gasteiger partial charge in [0.1, 0.15) is 0 Å². The molecule has 5 heteroatoms. The maximum atomic E-state index is 12.3. The second kappa shape index (κ2) is 7.43. The summed E-state index contributed by atoms with van der Waals surface area (Å²) in [5.74, 6) is -0.984. The number of carboxylic acids is 1. The number of nitrogens with zero attached hydrogens (tertiary/aromatic N) is 1. The summed E-state index contributed by atoms with van der Waals surface area (Å²) in [4.78, 5) is 24.7. The molecule has 0 aliphatic carbocycles. The second-order valence-corrected chi connectivity index (χ2v) is 6.22. The van der Waals surface area contributed by atoms with E-state index in [0.717, 1.165) is 12.8 Å². The van der Waals surface area contributed by atoms with E-state index in [4.69, 9.17) is 9.84 Å². The number of amides is 1. The van der Waals surface area contributed by atoms with E-state index in [2.05, 4.69) is 0 Å². The Morgan fingerprint density at radius 2 is 1.90 bits per heavy atom. The van der Waals surface area contributed by atoms with Crippen LogP contribution in [0, 0.1) is 5.41 Å². The minimum absolute atomic E-state index is 0.0214. The summed E-state index contributed by atoms with van der Waals surface area (Å²) in [6, 6.07) is 0.0835. The summed E-state index contributed by atoms with van der Waals surface area (Å²) in [6.07, 6.45) is 4.95. The number of rotatable bonds is 5. The molecule has 0 aromatic heterocycles. The maximum absolute atomic E-state index is 12.3. The van der Waals surface area contributed by atoms with Crippen molar-refractivity contribution in [2.45, 2.75) is 46.1 Å². The van der Waals surface area contributed by atoms with Gasteiger partial charge in [0.25, 0.3) is 0 Å². The number of hydrogen-bond acceptors (Lipinski definition) is 3. The van der Waals surface area contributed by atoms with E-state index in [1.54, 1.807) is 11.0 Å². The minimum Gasteiger partial charge on any atom is -0.481 e. The van der Waals surface area contributed by atoms with Crippen molar-refractivity contribution in [3.8, 4) is 0 Å². The Labute approximate surface area is 120 Å². The molecule has 0 saturated carbocycles. The van der Waals surface area contributed by atoms with Gasteiger partial charge in [0.05, 0.1) is 6.42 Å². The Hall–Kier alpha value is -1.36. The van der Waals surface area contributed by atoms with Gasteiger partial charge in [-0.25, -0.2) is 0 Å². The molecule has 1 aliphatic heterocycles. The van der Waals surface area contributed by atoms with Gasteiger partial charge in [-0.2, -0.15) is 0 Å². The van der Waals surface area contributed by atoms with Crippen molar-refractivity contribution in [2.24, 2.45) is 5.41 Å². The number of hydrogen-bond donors (Lipinski definition) is 1. The zero-order valence-electron chi connectivity index (χ0n) is 12.6. The molecule has 1 saturated heterocycles. The molecular weight excluding hydrogens is 258 g/mol. The lowest BCUT2D eigenvalue weighted by atomic mass is 9.96. The first-order valence-electron chi connectivity index (χ1n) is 7.09. The molecule has 1 amide bonds. The van der Waals surface area contributed by atoms with Gasteiger partial charge < -0.3 is 14.7 Å². The Bertz CT molecular complexity index is 365.